The van der Waals surface area contributed by atoms with Gasteiger partial charge in [-0.2, -0.15) is 4.99 Å². The van der Waals surface area contributed by atoms with Gasteiger partial charge in [0.1, 0.15) is 0 Å². The first-order valence-electron chi connectivity index (χ1n) is 4.06. The zero-order valence-electron chi connectivity index (χ0n) is 7.82. The predicted molar refractivity (Wildman–Crippen MR) is 63.2 cm³/mol. The minimum absolute atomic E-state index is 0.0453. The Morgan fingerprint density at radius 1 is 1.36 bits per heavy atom. The van der Waals surface area contributed by atoms with E-state index in [2.05, 4.69) is 10.3 Å². The second-order valence-electron chi connectivity index (χ2n) is 2.78. The lowest BCUT2D eigenvalue weighted by Gasteiger charge is -2.06. The molecule has 0 amide bonds. The lowest BCUT2D eigenvalue weighted by Crippen LogP contribution is -2.25. The van der Waals surface area contributed by atoms with Crippen LogP contribution in [-0.2, 0) is 0 Å². The van der Waals surface area contributed by atoms with Crippen LogP contribution in [0.4, 0.5) is 5.69 Å². The quantitative estimate of drug-likeness (QED) is 0.365. The summed E-state index contributed by atoms with van der Waals surface area (Å²) in [6, 6.07) is 7.74. The maximum absolute atomic E-state index is 5.19. The predicted octanol–water partition coefficient (Wildman–Crippen LogP) is 0.965. The van der Waals surface area contributed by atoms with Crippen molar-refractivity contribution in [2.45, 2.75) is 6.92 Å². The lowest BCUT2D eigenvalue weighted by molar-refractivity contribution is 1.43. The number of nitrogens with zero attached hydrogens (tertiary/aromatic N) is 1. The average molecular weight is 208 g/mol. The van der Waals surface area contributed by atoms with Crippen LogP contribution >= 0.6 is 12.2 Å². The van der Waals surface area contributed by atoms with Gasteiger partial charge >= 0.3 is 0 Å². The summed E-state index contributed by atoms with van der Waals surface area (Å²) in [6.45, 7) is 1.97. The zero-order valence-corrected chi connectivity index (χ0v) is 8.64. The van der Waals surface area contributed by atoms with Gasteiger partial charge in [0.25, 0.3) is 0 Å². The van der Waals surface area contributed by atoms with Crippen LogP contribution in [0, 0.1) is 6.92 Å². The van der Waals surface area contributed by atoms with Gasteiger partial charge in [0.15, 0.2) is 5.96 Å². The Bertz CT molecular complexity index is 369. The van der Waals surface area contributed by atoms with E-state index in [1.165, 1.54) is 0 Å². The topological polar surface area (TPSA) is 76.4 Å². The number of aryl methyl sites for hydroxylation is 1. The summed E-state index contributed by atoms with van der Waals surface area (Å²) in [5.41, 5.74) is 12.4. The molecule has 0 atom stereocenters. The average Bonchev–Trinajstić information content (AvgIpc) is 2.07. The van der Waals surface area contributed by atoms with Crippen LogP contribution in [0.2, 0.25) is 0 Å². The molecule has 5 heteroatoms. The number of benzene rings is 1. The molecule has 1 aromatic carbocycles. The highest BCUT2D eigenvalue weighted by Gasteiger charge is 1.98. The van der Waals surface area contributed by atoms with Crippen molar-refractivity contribution in [2.75, 3.05) is 5.32 Å². The molecule has 0 aliphatic rings. The molecule has 0 spiro atoms. The molecule has 0 fully saturated rings. The Hall–Kier alpha value is -1.62. The van der Waals surface area contributed by atoms with E-state index in [4.69, 9.17) is 23.7 Å². The standard InChI is InChI=1S/C9H12N4S/c1-6-4-2-3-5-7(6)12-9(14)13-8(10)11/h2-5H,1H3,(H5,10,11,12,13,14). The first-order valence-corrected chi connectivity index (χ1v) is 4.46. The van der Waals surface area contributed by atoms with Crippen LogP contribution in [0.1, 0.15) is 5.56 Å². The number of aliphatic imine (C=N–C) groups is 1. The summed E-state index contributed by atoms with van der Waals surface area (Å²) in [5, 5.41) is 3.19. The molecule has 0 saturated heterocycles. The number of nitrogens with two attached hydrogens (primary N) is 2. The molecule has 4 nitrogen and oxygen atoms in total. The van der Waals surface area contributed by atoms with E-state index < -0.39 is 0 Å². The molecule has 0 bridgehead atoms. The maximum Gasteiger partial charge on any atom is 0.200 e. The van der Waals surface area contributed by atoms with Crippen molar-refractivity contribution < 1.29 is 0 Å². The Morgan fingerprint density at radius 3 is 2.57 bits per heavy atom. The molecule has 74 valence electrons. The fourth-order valence-corrected chi connectivity index (χ4v) is 1.19. The molecule has 0 heterocycles. The second-order valence-corrected chi connectivity index (χ2v) is 3.17. The van der Waals surface area contributed by atoms with E-state index in [9.17, 15) is 0 Å². The highest BCUT2D eigenvalue weighted by Crippen LogP contribution is 2.13. The van der Waals surface area contributed by atoms with Crippen molar-refractivity contribution in [3.05, 3.63) is 29.8 Å². The van der Waals surface area contributed by atoms with Crippen molar-refractivity contribution in [1.82, 2.24) is 0 Å². The van der Waals surface area contributed by atoms with Crippen molar-refractivity contribution in [3.63, 3.8) is 0 Å². The molecule has 0 radical (unpaired) electrons. The summed E-state index contributed by atoms with van der Waals surface area (Å²) in [7, 11) is 0. The molecule has 0 saturated carbocycles. The van der Waals surface area contributed by atoms with E-state index in [1.54, 1.807) is 0 Å². The summed E-state index contributed by atoms with van der Waals surface area (Å²) < 4.78 is 0. The van der Waals surface area contributed by atoms with Gasteiger partial charge in [-0.15, -0.1) is 0 Å². The van der Waals surface area contributed by atoms with Crippen molar-refractivity contribution in [2.24, 2.45) is 16.5 Å². The number of nitrogens with one attached hydrogen (secondary N) is 1. The normalized spacial score (nSPS) is 9.21. The van der Waals surface area contributed by atoms with Gasteiger partial charge in [-0.05, 0) is 30.8 Å². The third-order valence-corrected chi connectivity index (χ3v) is 1.81. The zero-order chi connectivity index (χ0) is 10.6. The number of hydrogen-bond donors (Lipinski definition) is 3. The van der Waals surface area contributed by atoms with Crippen molar-refractivity contribution in [1.29, 1.82) is 0 Å². The van der Waals surface area contributed by atoms with Gasteiger partial charge in [-0.3, -0.25) is 0 Å². The number of guanidine groups is 1. The third kappa shape index (κ3) is 3.02. The summed E-state index contributed by atoms with van der Waals surface area (Å²) in [4.78, 5) is 3.71. The van der Waals surface area contributed by atoms with E-state index in [0.717, 1.165) is 11.3 Å². The van der Waals surface area contributed by atoms with Gasteiger partial charge in [0, 0.05) is 5.69 Å². The SMILES string of the molecule is Cc1ccccc1NC(=S)N=C(N)N. The third-order valence-electron chi connectivity index (χ3n) is 1.62. The molecular formula is C9H12N4S. The molecular weight excluding hydrogens is 196 g/mol. The molecule has 5 N–H and O–H groups in total. The van der Waals surface area contributed by atoms with E-state index in [-0.39, 0.29) is 11.1 Å². The van der Waals surface area contributed by atoms with E-state index in [1.807, 2.05) is 31.2 Å². The van der Waals surface area contributed by atoms with Gasteiger partial charge in [-0.1, -0.05) is 18.2 Å². The number of thiocarbonyl (C=S) groups is 1. The molecule has 1 rings (SSSR count). The van der Waals surface area contributed by atoms with Crippen LogP contribution in [0.15, 0.2) is 29.3 Å². The highest BCUT2D eigenvalue weighted by molar-refractivity contribution is 7.80. The second kappa shape index (κ2) is 4.57. The molecule has 0 aliphatic carbocycles. The molecule has 1 aromatic rings. The van der Waals surface area contributed by atoms with Crippen LogP contribution < -0.4 is 16.8 Å². The molecule has 14 heavy (non-hydrogen) atoms. The summed E-state index contributed by atoms with van der Waals surface area (Å²) in [5.74, 6) is -0.0453. The monoisotopic (exact) mass is 208 g/mol. The minimum Gasteiger partial charge on any atom is -0.370 e. The smallest absolute Gasteiger partial charge is 0.200 e. The Kier molecular flexibility index (Phi) is 3.41. The van der Waals surface area contributed by atoms with Crippen molar-refractivity contribution in [3.8, 4) is 0 Å². The summed E-state index contributed by atoms with van der Waals surface area (Å²) >= 11 is 4.91. The van der Waals surface area contributed by atoms with Crippen molar-refractivity contribution >= 4 is 29.0 Å². The Morgan fingerprint density at radius 2 is 2.00 bits per heavy atom. The highest BCUT2D eigenvalue weighted by atomic mass is 32.1. The summed E-state index contributed by atoms with van der Waals surface area (Å²) in [6.07, 6.45) is 0. The van der Waals surface area contributed by atoms with Gasteiger partial charge in [-0.25, -0.2) is 0 Å². The van der Waals surface area contributed by atoms with Gasteiger partial charge in [0.05, 0.1) is 0 Å². The molecule has 0 aromatic heterocycles. The Labute approximate surface area is 88.0 Å². The van der Waals surface area contributed by atoms with Gasteiger partial charge in [0.2, 0.25) is 5.11 Å². The number of anilines is 1. The van der Waals surface area contributed by atoms with Crippen LogP contribution in [0.5, 0.6) is 0 Å². The maximum atomic E-state index is 5.19. The fourth-order valence-electron chi connectivity index (χ4n) is 0.974. The minimum atomic E-state index is -0.0453. The fraction of sp³-hybridized carbons (Fsp3) is 0.111. The lowest BCUT2D eigenvalue weighted by atomic mass is 10.2. The number of hydrogen-bond acceptors (Lipinski definition) is 1. The Balaban J connectivity index is 2.75. The van der Waals surface area contributed by atoms with Crippen LogP contribution in [0.25, 0.3) is 0 Å². The van der Waals surface area contributed by atoms with Crippen LogP contribution in [0.3, 0.4) is 0 Å². The van der Waals surface area contributed by atoms with E-state index in [0.29, 0.717) is 0 Å². The number of rotatable bonds is 1. The number of para-hydroxylation sites is 1. The van der Waals surface area contributed by atoms with E-state index >= 15 is 0 Å². The largest absolute Gasteiger partial charge is 0.370 e. The first kappa shape index (κ1) is 10.5. The first-order chi connectivity index (χ1) is 6.59. The van der Waals surface area contributed by atoms with Crippen LogP contribution in [-0.4, -0.2) is 11.1 Å². The molecule has 0 aliphatic heterocycles. The van der Waals surface area contributed by atoms with Gasteiger partial charge < -0.3 is 16.8 Å². The molecule has 0 unspecified atom stereocenters.